The summed E-state index contributed by atoms with van der Waals surface area (Å²) in [5, 5.41) is 7.53. The first-order chi connectivity index (χ1) is 9.79. The van der Waals surface area contributed by atoms with Crippen molar-refractivity contribution in [2.24, 2.45) is 7.05 Å². The molecule has 0 saturated heterocycles. The number of hydrogen-bond donors (Lipinski definition) is 1. The van der Waals surface area contributed by atoms with E-state index in [2.05, 4.69) is 40.5 Å². The molecule has 1 aromatic carbocycles. The summed E-state index contributed by atoms with van der Waals surface area (Å²) in [4.78, 5) is 4.06. The third-order valence-corrected chi connectivity index (χ3v) is 3.05. The van der Waals surface area contributed by atoms with Gasteiger partial charge in [-0.3, -0.25) is 4.68 Å². The molecule has 2 aromatic rings. The fourth-order valence-electron chi connectivity index (χ4n) is 1.99. The Hall–Kier alpha value is -1.88. The predicted molar refractivity (Wildman–Crippen MR) is 78.6 cm³/mol. The van der Waals surface area contributed by atoms with Crippen LogP contribution in [0.2, 0.25) is 0 Å². The first-order valence-electron chi connectivity index (χ1n) is 7.05. The third kappa shape index (κ3) is 4.35. The zero-order valence-corrected chi connectivity index (χ0v) is 12.2. The van der Waals surface area contributed by atoms with Crippen LogP contribution >= 0.6 is 0 Å². The van der Waals surface area contributed by atoms with Crippen LogP contribution in [0, 0.1) is 0 Å². The average Bonchev–Trinajstić information content (AvgIpc) is 2.88. The molecule has 108 valence electrons. The van der Waals surface area contributed by atoms with E-state index in [0.717, 1.165) is 25.9 Å². The number of aryl methyl sites for hydroxylation is 1. The van der Waals surface area contributed by atoms with Crippen LogP contribution in [-0.2, 0) is 20.1 Å². The topological polar surface area (TPSA) is 52.0 Å². The SMILES string of the molecule is CCCNCCc1ccccc1COc1ncn(C)n1. The van der Waals surface area contributed by atoms with E-state index in [1.54, 1.807) is 11.0 Å². The number of nitrogens with zero attached hydrogens (tertiary/aromatic N) is 3. The maximum atomic E-state index is 5.62. The predicted octanol–water partition coefficient (Wildman–Crippen LogP) is 1.94. The second kappa shape index (κ2) is 7.65. The summed E-state index contributed by atoms with van der Waals surface area (Å²) in [7, 11) is 1.83. The van der Waals surface area contributed by atoms with E-state index in [9.17, 15) is 0 Å². The number of aromatic nitrogens is 3. The van der Waals surface area contributed by atoms with Crippen LogP contribution in [0.3, 0.4) is 0 Å². The Balaban J connectivity index is 1.90. The van der Waals surface area contributed by atoms with Gasteiger partial charge < -0.3 is 10.1 Å². The molecule has 0 aliphatic rings. The Morgan fingerprint density at radius 3 is 2.70 bits per heavy atom. The van der Waals surface area contributed by atoms with Gasteiger partial charge >= 0.3 is 6.01 Å². The van der Waals surface area contributed by atoms with Gasteiger partial charge in [0.2, 0.25) is 0 Å². The van der Waals surface area contributed by atoms with Gasteiger partial charge in [-0.05, 0) is 37.1 Å². The molecule has 5 nitrogen and oxygen atoms in total. The Bertz CT molecular complexity index is 524. The molecule has 1 aromatic heterocycles. The zero-order chi connectivity index (χ0) is 14.2. The van der Waals surface area contributed by atoms with Crippen molar-refractivity contribution in [2.45, 2.75) is 26.4 Å². The highest BCUT2D eigenvalue weighted by molar-refractivity contribution is 5.27. The molecule has 0 bridgehead atoms. The van der Waals surface area contributed by atoms with Crippen LogP contribution in [0.15, 0.2) is 30.6 Å². The van der Waals surface area contributed by atoms with Crippen molar-refractivity contribution in [2.75, 3.05) is 13.1 Å². The molecule has 0 aliphatic carbocycles. The summed E-state index contributed by atoms with van der Waals surface area (Å²) in [5.41, 5.74) is 2.50. The minimum absolute atomic E-state index is 0.423. The van der Waals surface area contributed by atoms with E-state index in [-0.39, 0.29) is 0 Å². The van der Waals surface area contributed by atoms with Crippen LogP contribution in [0.4, 0.5) is 0 Å². The van der Waals surface area contributed by atoms with Gasteiger partial charge in [-0.15, -0.1) is 5.10 Å². The van der Waals surface area contributed by atoms with Crippen molar-refractivity contribution < 1.29 is 4.74 Å². The molecule has 0 saturated carbocycles. The van der Waals surface area contributed by atoms with Gasteiger partial charge in [-0.1, -0.05) is 31.2 Å². The lowest BCUT2D eigenvalue weighted by Gasteiger charge is -2.10. The largest absolute Gasteiger partial charge is 0.458 e. The van der Waals surface area contributed by atoms with Crippen LogP contribution in [0.5, 0.6) is 6.01 Å². The molecule has 2 rings (SSSR count). The minimum atomic E-state index is 0.423. The Morgan fingerprint density at radius 1 is 1.20 bits per heavy atom. The van der Waals surface area contributed by atoms with Crippen LogP contribution in [0.1, 0.15) is 24.5 Å². The molecule has 0 aliphatic heterocycles. The number of benzene rings is 1. The molecule has 20 heavy (non-hydrogen) atoms. The molecular weight excluding hydrogens is 252 g/mol. The summed E-state index contributed by atoms with van der Waals surface area (Å²) in [5.74, 6) is 0. The Labute approximate surface area is 120 Å². The third-order valence-electron chi connectivity index (χ3n) is 3.05. The lowest BCUT2D eigenvalue weighted by Crippen LogP contribution is -2.18. The smallest absolute Gasteiger partial charge is 0.335 e. The van der Waals surface area contributed by atoms with E-state index in [0.29, 0.717) is 12.6 Å². The van der Waals surface area contributed by atoms with E-state index in [4.69, 9.17) is 4.74 Å². The first-order valence-corrected chi connectivity index (χ1v) is 7.05. The zero-order valence-electron chi connectivity index (χ0n) is 12.2. The normalized spacial score (nSPS) is 10.7. The standard InChI is InChI=1S/C15H22N4O/c1-3-9-16-10-8-13-6-4-5-7-14(13)11-20-15-17-12-19(2)18-15/h4-7,12,16H,3,8-11H2,1-2H3. The van der Waals surface area contributed by atoms with Crippen LogP contribution in [0.25, 0.3) is 0 Å². The maximum absolute atomic E-state index is 5.62. The lowest BCUT2D eigenvalue weighted by molar-refractivity contribution is 0.279. The number of hydrogen-bond acceptors (Lipinski definition) is 4. The second-order valence-corrected chi connectivity index (χ2v) is 4.76. The highest BCUT2D eigenvalue weighted by atomic mass is 16.5. The first kappa shape index (κ1) is 14.5. The second-order valence-electron chi connectivity index (χ2n) is 4.76. The van der Waals surface area contributed by atoms with Crippen molar-refractivity contribution >= 4 is 0 Å². The fraction of sp³-hybridized carbons (Fsp3) is 0.467. The molecule has 1 heterocycles. The van der Waals surface area contributed by atoms with Crippen molar-refractivity contribution in [1.29, 1.82) is 0 Å². The highest BCUT2D eigenvalue weighted by Crippen LogP contribution is 2.12. The summed E-state index contributed by atoms with van der Waals surface area (Å²) in [6.07, 6.45) is 3.81. The van der Waals surface area contributed by atoms with Gasteiger partial charge in [0.25, 0.3) is 0 Å². The Kier molecular flexibility index (Phi) is 5.55. The van der Waals surface area contributed by atoms with Crippen molar-refractivity contribution in [1.82, 2.24) is 20.1 Å². The van der Waals surface area contributed by atoms with Crippen molar-refractivity contribution in [3.05, 3.63) is 41.7 Å². The van der Waals surface area contributed by atoms with Gasteiger partial charge in [0.05, 0.1) is 0 Å². The van der Waals surface area contributed by atoms with Crippen molar-refractivity contribution in [3.63, 3.8) is 0 Å². The molecular formula is C15H22N4O. The Morgan fingerprint density at radius 2 is 2.00 bits per heavy atom. The molecule has 0 unspecified atom stereocenters. The molecule has 5 heteroatoms. The minimum Gasteiger partial charge on any atom is -0.458 e. The van der Waals surface area contributed by atoms with E-state index in [1.165, 1.54) is 11.1 Å². The van der Waals surface area contributed by atoms with E-state index in [1.807, 2.05) is 13.1 Å². The quantitative estimate of drug-likeness (QED) is 0.747. The number of nitrogens with one attached hydrogen (secondary N) is 1. The summed E-state index contributed by atoms with van der Waals surface area (Å²) in [6, 6.07) is 8.77. The monoisotopic (exact) mass is 274 g/mol. The highest BCUT2D eigenvalue weighted by Gasteiger charge is 2.05. The molecule has 0 spiro atoms. The van der Waals surface area contributed by atoms with E-state index >= 15 is 0 Å². The number of rotatable bonds is 8. The molecule has 0 radical (unpaired) electrons. The van der Waals surface area contributed by atoms with E-state index < -0.39 is 0 Å². The lowest BCUT2D eigenvalue weighted by atomic mass is 10.1. The average molecular weight is 274 g/mol. The van der Waals surface area contributed by atoms with Crippen LogP contribution < -0.4 is 10.1 Å². The summed E-state index contributed by atoms with van der Waals surface area (Å²) < 4.78 is 7.25. The number of ether oxygens (including phenoxy) is 1. The van der Waals surface area contributed by atoms with Crippen LogP contribution in [-0.4, -0.2) is 27.9 Å². The van der Waals surface area contributed by atoms with Gasteiger partial charge in [0, 0.05) is 7.05 Å². The van der Waals surface area contributed by atoms with Gasteiger partial charge in [0.1, 0.15) is 12.9 Å². The van der Waals surface area contributed by atoms with Gasteiger partial charge in [-0.25, -0.2) is 0 Å². The molecule has 0 atom stereocenters. The molecule has 0 amide bonds. The van der Waals surface area contributed by atoms with Gasteiger partial charge in [-0.2, -0.15) is 4.98 Å². The molecule has 1 N–H and O–H groups in total. The maximum Gasteiger partial charge on any atom is 0.335 e. The van der Waals surface area contributed by atoms with Crippen molar-refractivity contribution in [3.8, 4) is 6.01 Å². The summed E-state index contributed by atoms with van der Waals surface area (Å²) >= 11 is 0. The fourth-order valence-corrected chi connectivity index (χ4v) is 1.99. The summed E-state index contributed by atoms with van der Waals surface area (Å²) in [6.45, 7) is 4.74. The van der Waals surface area contributed by atoms with Gasteiger partial charge in [0.15, 0.2) is 0 Å². The molecule has 0 fully saturated rings.